The number of carboxylic acids is 1. The van der Waals surface area contributed by atoms with Crippen LogP contribution in [-0.4, -0.2) is 44.6 Å². The molecule has 0 aromatic heterocycles. The molecule has 0 aromatic carbocycles. The molecular weight excluding hydrogens is 363 g/mol. The van der Waals surface area contributed by atoms with Crippen molar-refractivity contribution in [1.82, 2.24) is 0 Å². The number of fused-ring (bicyclic) bond motifs is 1. The van der Waals surface area contributed by atoms with Crippen LogP contribution in [0.1, 0.15) is 34.0 Å². The largest absolute Gasteiger partial charge is 1.00 e. The monoisotopic (exact) mass is 386 g/mol. The summed E-state index contributed by atoms with van der Waals surface area (Å²) in [4.78, 5) is 25.1. The van der Waals surface area contributed by atoms with E-state index in [1.807, 2.05) is 0 Å². The number of carbonyl (C=O) groups is 2. The van der Waals surface area contributed by atoms with E-state index < -0.39 is 51.9 Å². The molecule has 4 aliphatic carbocycles. The molecule has 1 spiro atoms. The zero-order chi connectivity index (χ0) is 18.0. The molecule has 4 fully saturated rings. The van der Waals surface area contributed by atoms with E-state index in [9.17, 15) is 24.9 Å². The summed E-state index contributed by atoms with van der Waals surface area (Å²) in [6, 6.07) is 0. The van der Waals surface area contributed by atoms with Gasteiger partial charge in [0.05, 0.1) is 17.6 Å². The number of aliphatic hydroxyl groups excluding tert-OH is 1. The Labute approximate surface area is 195 Å². The Hall–Kier alpha value is -0.0236. The van der Waals surface area contributed by atoms with Crippen molar-refractivity contribution in [2.75, 3.05) is 0 Å². The van der Waals surface area contributed by atoms with E-state index in [2.05, 4.69) is 6.58 Å². The van der Waals surface area contributed by atoms with Gasteiger partial charge in [0.15, 0.2) is 0 Å². The molecule has 0 radical (unpaired) electrons. The van der Waals surface area contributed by atoms with Crippen LogP contribution in [0.2, 0.25) is 0 Å². The summed E-state index contributed by atoms with van der Waals surface area (Å²) in [6.07, 6.45) is 4.11. The molecule has 7 heteroatoms. The summed E-state index contributed by atoms with van der Waals surface area (Å²) >= 11 is 0. The summed E-state index contributed by atoms with van der Waals surface area (Å²) in [7, 11) is 0. The fourth-order valence-electron chi connectivity index (χ4n) is 7.13. The fraction of sp³-hybridized carbons (Fsp3) is 0.684. The Balaban J connectivity index is 0.00000105. The van der Waals surface area contributed by atoms with Gasteiger partial charge in [-0.2, -0.15) is 0 Å². The zero-order valence-corrected chi connectivity index (χ0v) is 18.2. The van der Waals surface area contributed by atoms with Crippen molar-refractivity contribution in [3.63, 3.8) is 0 Å². The van der Waals surface area contributed by atoms with E-state index >= 15 is 0 Å². The summed E-state index contributed by atoms with van der Waals surface area (Å²) in [6.45, 7) is 5.64. The summed E-state index contributed by atoms with van der Waals surface area (Å²) in [5, 5.41) is 31.6. The minimum absolute atomic E-state index is 0. The van der Waals surface area contributed by atoms with Crippen molar-refractivity contribution in [2.24, 2.45) is 28.6 Å². The number of hydrogen-bond acceptors (Lipinski definition) is 5. The minimum atomic E-state index is -1.27. The molecule has 8 atom stereocenters. The minimum Gasteiger partial charge on any atom is -1.00 e. The van der Waals surface area contributed by atoms with Crippen molar-refractivity contribution < 1.29 is 82.5 Å². The number of ether oxygens (including phenoxy) is 1. The molecule has 0 unspecified atom stereocenters. The van der Waals surface area contributed by atoms with Crippen LogP contribution < -0.4 is 51.4 Å². The first-order chi connectivity index (χ1) is 11.6. The van der Waals surface area contributed by atoms with Crippen molar-refractivity contribution in [2.45, 2.75) is 49.9 Å². The van der Waals surface area contributed by atoms with E-state index in [0.29, 0.717) is 31.3 Å². The molecule has 6 nitrogen and oxygen atoms in total. The molecule has 1 saturated heterocycles. The summed E-state index contributed by atoms with van der Waals surface area (Å²) in [5.41, 5.74) is -3.29. The van der Waals surface area contributed by atoms with E-state index in [1.165, 1.54) is 0 Å². The standard InChI is InChI=1S/C19H22O6.K.H/c1-9-7-17-8-18(9,24)5-3-10(17)19-6-4-11(20)16(2,15(23)25-19)13(19)12(17)14(21)22;;/h4,6,10-13,20,24H,1,3,5,7-8H2,2H3,(H,21,22);;/q;+1;-1/t10-,11+,12-,13-,16-,17+,18+,19-;;/m1../s1. The van der Waals surface area contributed by atoms with Crippen LogP contribution in [0, 0.1) is 28.6 Å². The van der Waals surface area contributed by atoms with Gasteiger partial charge in [0, 0.05) is 11.8 Å². The van der Waals surface area contributed by atoms with Crippen LogP contribution >= 0.6 is 0 Å². The number of rotatable bonds is 1. The number of hydrogen-bond donors (Lipinski definition) is 3. The molecule has 1 aliphatic heterocycles. The molecular formula is C19H23KO6. The van der Waals surface area contributed by atoms with Gasteiger partial charge < -0.3 is 21.5 Å². The van der Waals surface area contributed by atoms with Crippen LogP contribution in [0.25, 0.3) is 0 Å². The van der Waals surface area contributed by atoms with E-state index in [1.54, 1.807) is 19.1 Å². The maximum Gasteiger partial charge on any atom is 1.00 e. The Morgan fingerprint density at radius 3 is 2.81 bits per heavy atom. The third-order valence-electron chi connectivity index (χ3n) is 8.12. The average Bonchev–Trinajstić information content (AvgIpc) is 2.95. The topological polar surface area (TPSA) is 104 Å². The molecule has 3 N–H and O–H groups in total. The fourth-order valence-corrected chi connectivity index (χ4v) is 7.13. The Morgan fingerprint density at radius 2 is 2.15 bits per heavy atom. The maximum absolute atomic E-state index is 12.7. The van der Waals surface area contributed by atoms with Gasteiger partial charge in [0.1, 0.15) is 11.0 Å². The first kappa shape index (κ1) is 19.3. The first-order valence-electron chi connectivity index (χ1n) is 8.86. The Kier molecular flexibility index (Phi) is 3.95. The Morgan fingerprint density at radius 1 is 1.46 bits per heavy atom. The maximum atomic E-state index is 12.7. The molecule has 0 aromatic rings. The van der Waals surface area contributed by atoms with Gasteiger partial charge in [-0.05, 0) is 49.7 Å². The summed E-state index contributed by atoms with van der Waals surface area (Å²) < 4.78 is 5.87. The second kappa shape index (κ2) is 5.31. The van der Waals surface area contributed by atoms with E-state index in [4.69, 9.17) is 4.74 Å². The van der Waals surface area contributed by atoms with Gasteiger partial charge in [-0.1, -0.05) is 12.7 Å². The normalized spacial score (nSPS) is 55.8. The number of carboxylic acid groups (broad SMARTS) is 1. The van der Waals surface area contributed by atoms with Crippen molar-refractivity contribution in [3.8, 4) is 0 Å². The van der Waals surface area contributed by atoms with Gasteiger partial charge in [-0.3, -0.25) is 9.59 Å². The molecule has 1 heterocycles. The SMILES string of the molecule is C=C1C[C@]23C[C@@]1(O)CC[C@H]2[C@@]12C=C[C@H](O)[C@@](C)(C(=O)O1)[C@H]2[C@@H]3C(=O)O.[H-].[K+]. The van der Waals surface area contributed by atoms with Crippen molar-refractivity contribution >= 4 is 11.9 Å². The van der Waals surface area contributed by atoms with Gasteiger partial charge >= 0.3 is 63.3 Å². The number of aliphatic hydroxyl groups is 2. The smallest absolute Gasteiger partial charge is 1.00 e. The molecule has 4 bridgehead atoms. The first-order valence-corrected chi connectivity index (χ1v) is 8.86. The quantitative estimate of drug-likeness (QED) is 0.278. The molecule has 136 valence electrons. The molecule has 5 aliphatic rings. The second-order valence-electron chi connectivity index (χ2n) is 8.94. The number of carbonyl (C=O) groups excluding carboxylic acids is 1. The van der Waals surface area contributed by atoms with E-state index in [0.717, 1.165) is 0 Å². The van der Waals surface area contributed by atoms with Gasteiger partial charge in [-0.15, -0.1) is 0 Å². The van der Waals surface area contributed by atoms with Crippen LogP contribution in [-0.2, 0) is 14.3 Å². The third kappa shape index (κ3) is 1.79. The van der Waals surface area contributed by atoms with Crippen LogP contribution in [0.3, 0.4) is 0 Å². The third-order valence-corrected chi connectivity index (χ3v) is 8.12. The van der Waals surface area contributed by atoms with Gasteiger partial charge in [0.2, 0.25) is 0 Å². The molecule has 3 saturated carbocycles. The number of esters is 1. The molecule has 5 rings (SSSR count). The van der Waals surface area contributed by atoms with Gasteiger partial charge in [0.25, 0.3) is 0 Å². The second-order valence-corrected chi connectivity index (χ2v) is 8.94. The predicted molar refractivity (Wildman–Crippen MR) is 86.3 cm³/mol. The molecule has 26 heavy (non-hydrogen) atoms. The average molecular weight is 386 g/mol. The summed E-state index contributed by atoms with van der Waals surface area (Å²) in [5.74, 6) is -3.18. The molecule has 0 amide bonds. The predicted octanol–water partition coefficient (Wildman–Crippen LogP) is -1.86. The Bertz CT molecular complexity index is 784. The van der Waals surface area contributed by atoms with Crippen LogP contribution in [0.4, 0.5) is 0 Å². The van der Waals surface area contributed by atoms with E-state index in [-0.39, 0.29) is 58.7 Å². The van der Waals surface area contributed by atoms with Gasteiger partial charge in [-0.25, -0.2) is 0 Å². The van der Waals surface area contributed by atoms with Crippen LogP contribution in [0.5, 0.6) is 0 Å². The zero-order valence-electron chi connectivity index (χ0n) is 16.1. The van der Waals surface area contributed by atoms with Crippen LogP contribution in [0.15, 0.2) is 24.3 Å². The van der Waals surface area contributed by atoms with Crippen molar-refractivity contribution in [1.29, 1.82) is 0 Å². The van der Waals surface area contributed by atoms with Crippen molar-refractivity contribution in [3.05, 3.63) is 24.3 Å². The number of aliphatic carboxylic acids is 1.